The molecule has 1 heterocycles. The molecule has 1 aliphatic heterocycles. The van der Waals surface area contributed by atoms with Crippen molar-refractivity contribution in [1.29, 1.82) is 0 Å². The van der Waals surface area contributed by atoms with E-state index in [9.17, 15) is 9.18 Å². The van der Waals surface area contributed by atoms with Crippen LogP contribution in [0.3, 0.4) is 0 Å². The number of ether oxygens (including phenoxy) is 1. The van der Waals surface area contributed by atoms with Crippen molar-refractivity contribution in [3.8, 4) is 0 Å². The van der Waals surface area contributed by atoms with Crippen LogP contribution in [0, 0.1) is 5.82 Å². The maximum Gasteiger partial charge on any atom is 0.230 e. The number of rotatable bonds is 4. The average Bonchev–Trinajstić information content (AvgIpc) is 3.07. The molecule has 4 heteroatoms. The van der Waals surface area contributed by atoms with Crippen LogP contribution in [0.5, 0.6) is 0 Å². The Morgan fingerprint density at radius 3 is 2.68 bits per heavy atom. The van der Waals surface area contributed by atoms with Crippen LogP contribution in [0.2, 0.25) is 0 Å². The Labute approximate surface area is 112 Å². The number of amides is 1. The Balaban J connectivity index is 1.63. The quantitative estimate of drug-likeness (QED) is 0.904. The first-order valence-corrected chi connectivity index (χ1v) is 6.87. The number of hydrogen-bond donors (Lipinski definition) is 1. The van der Waals surface area contributed by atoms with Gasteiger partial charge in [0, 0.05) is 13.2 Å². The van der Waals surface area contributed by atoms with Gasteiger partial charge < -0.3 is 10.1 Å². The van der Waals surface area contributed by atoms with E-state index in [-0.39, 0.29) is 17.8 Å². The van der Waals surface area contributed by atoms with Gasteiger partial charge in [0.1, 0.15) is 5.82 Å². The largest absolute Gasteiger partial charge is 0.376 e. The van der Waals surface area contributed by atoms with Gasteiger partial charge in [-0.3, -0.25) is 4.79 Å². The molecule has 3 rings (SSSR count). The molecule has 0 bridgehead atoms. The summed E-state index contributed by atoms with van der Waals surface area (Å²) in [6.45, 7) is 1.38. The number of benzene rings is 1. The van der Waals surface area contributed by atoms with Crippen molar-refractivity contribution in [2.24, 2.45) is 0 Å². The number of halogens is 1. The lowest BCUT2D eigenvalue weighted by Crippen LogP contribution is -2.39. The average molecular weight is 263 g/mol. The summed E-state index contributed by atoms with van der Waals surface area (Å²) in [5, 5.41) is 2.98. The fourth-order valence-electron chi connectivity index (χ4n) is 2.72. The summed E-state index contributed by atoms with van der Waals surface area (Å²) in [5.74, 6) is -0.214. The minimum Gasteiger partial charge on any atom is -0.376 e. The third kappa shape index (κ3) is 2.50. The summed E-state index contributed by atoms with van der Waals surface area (Å²) in [4.78, 5) is 12.3. The van der Waals surface area contributed by atoms with E-state index < -0.39 is 5.41 Å². The molecule has 0 aromatic heterocycles. The Morgan fingerprint density at radius 2 is 2.11 bits per heavy atom. The van der Waals surface area contributed by atoms with Gasteiger partial charge in [-0.2, -0.15) is 0 Å². The molecule has 102 valence electrons. The molecule has 1 saturated heterocycles. The molecule has 2 aliphatic rings. The monoisotopic (exact) mass is 263 g/mol. The maximum atomic E-state index is 12.9. The molecule has 1 amide bonds. The Kier molecular flexibility index (Phi) is 3.27. The lowest BCUT2D eigenvalue weighted by molar-refractivity contribution is -0.124. The molecular formula is C15H18FNO2. The molecule has 3 nitrogen and oxygen atoms in total. The summed E-state index contributed by atoms with van der Waals surface area (Å²) in [7, 11) is 0. The first-order valence-electron chi connectivity index (χ1n) is 6.87. The molecule has 1 aromatic carbocycles. The molecule has 1 N–H and O–H groups in total. The van der Waals surface area contributed by atoms with Crippen LogP contribution in [-0.4, -0.2) is 25.2 Å². The highest BCUT2D eigenvalue weighted by molar-refractivity contribution is 5.91. The molecule has 1 aliphatic carbocycles. The Hall–Kier alpha value is -1.42. The zero-order valence-corrected chi connectivity index (χ0v) is 10.8. The second kappa shape index (κ2) is 4.93. The summed E-state index contributed by atoms with van der Waals surface area (Å²) in [6.07, 6.45) is 3.94. The van der Waals surface area contributed by atoms with Crippen LogP contribution in [0.25, 0.3) is 0 Å². The first-order chi connectivity index (χ1) is 9.21. The first kappa shape index (κ1) is 12.6. The highest BCUT2D eigenvalue weighted by Crippen LogP contribution is 2.48. The molecule has 1 saturated carbocycles. The van der Waals surface area contributed by atoms with E-state index in [0.29, 0.717) is 6.54 Å². The Morgan fingerprint density at radius 1 is 1.37 bits per heavy atom. The lowest BCUT2D eigenvalue weighted by atomic mass is 9.95. The van der Waals surface area contributed by atoms with Gasteiger partial charge in [0.15, 0.2) is 0 Å². The van der Waals surface area contributed by atoms with E-state index in [0.717, 1.165) is 37.9 Å². The van der Waals surface area contributed by atoms with E-state index in [1.165, 1.54) is 12.1 Å². The molecular weight excluding hydrogens is 245 g/mol. The number of carbonyl (C=O) groups is 1. The summed E-state index contributed by atoms with van der Waals surface area (Å²) < 4.78 is 18.4. The van der Waals surface area contributed by atoms with Crippen LogP contribution >= 0.6 is 0 Å². The molecule has 0 radical (unpaired) electrons. The normalized spacial score (nSPS) is 24.2. The highest BCUT2D eigenvalue weighted by Gasteiger charge is 2.51. The fraction of sp³-hybridized carbons (Fsp3) is 0.533. The van der Waals surface area contributed by atoms with E-state index in [2.05, 4.69) is 5.32 Å². The van der Waals surface area contributed by atoms with E-state index in [1.807, 2.05) is 0 Å². The third-order valence-corrected chi connectivity index (χ3v) is 4.10. The molecule has 1 atom stereocenters. The van der Waals surface area contributed by atoms with Crippen molar-refractivity contribution in [1.82, 2.24) is 5.32 Å². The van der Waals surface area contributed by atoms with Gasteiger partial charge in [0.05, 0.1) is 11.5 Å². The van der Waals surface area contributed by atoms with Crippen molar-refractivity contribution in [3.63, 3.8) is 0 Å². The molecule has 19 heavy (non-hydrogen) atoms. The van der Waals surface area contributed by atoms with Gasteiger partial charge in [0.25, 0.3) is 0 Å². The van der Waals surface area contributed by atoms with Crippen molar-refractivity contribution in [2.75, 3.05) is 13.2 Å². The maximum absolute atomic E-state index is 12.9. The van der Waals surface area contributed by atoms with Crippen molar-refractivity contribution in [3.05, 3.63) is 35.6 Å². The molecule has 2 fully saturated rings. The third-order valence-electron chi connectivity index (χ3n) is 4.10. The summed E-state index contributed by atoms with van der Waals surface area (Å²) in [5.41, 5.74) is 0.491. The van der Waals surface area contributed by atoms with Gasteiger partial charge in [-0.1, -0.05) is 12.1 Å². The number of hydrogen-bond acceptors (Lipinski definition) is 2. The zero-order valence-electron chi connectivity index (χ0n) is 10.8. The van der Waals surface area contributed by atoms with Crippen LogP contribution < -0.4 is 5.32 Å². The number of nitrogens with one attached hydrogen (secondary N) is 1. The molecule has 1 aromatic rings. The van der Waals surface area contributed by atoms with Gasteiger partial charge in [-0.15, -0.1) is 0 Å². The van der Waals surface area contributed by atoms with Gasteiger partial charge in [-0.05, 0) is 43.4 Å². The van der Waals surface area contributed by atoms with Crippen LogP contribution in [0.15, 0.2) is 24.3 Å². The second-order valence-corrected chi connectivity index (χ2v) is 5.43. The van der Waals surface area contributed by atoms with E-state index >= 15 is 0 Å². The Bertz CT molecular complexity index is 462. The van der Waals surface area contributed by atoms with Gasteiger partial charge in [0.2, 0.25) is 5.91 Å². The van der Waals surface area contributed by atoms with Crippen LogP contribution in [0.4, 0.5) is 4.39 Å². The van der Waals surface area contributed by atoms with Crippen LogP contribution in [-0.2, 0) is 14.9 Å². The van der Waals surface area contributed by atoms with Crippen molar-refractivity contribution in [2.45, 2.75) is 37.2 Å². The molecule has 0 spiro atoms. The number of carbonyl (C=O) groups excluding carboxylic acids is 1. The minimum absolute atomic E-state index is 0.0506. The SMILES string of the molecule is O=C(NCC1CCCO1)C1(c2ccc(F)cc2)CC1. The van der Waals surface area contributed by atoms with E-state index in [4.69, 9.17) is 4.74 Å². The van der Waals surface area contributed by atoms with Crippen LogP contribution in [0.1, 0.15) is 31.2 Å². The topological polar surface area (TPSA) is 38.3 Å². The van der Waals surface area contributed by atoms with E-state index in [1.54, 1.807) is 12.1 Å². The fourth-order valence-corrected chi connectivity index (χ4v) is 2.72. The highest BCUT2D eigenvalue weighted by atomic mass is 19.1. The standard InChI is InChI=1S/C15H18FNO2/c16-12-5-3-11(4-6-12)15(7-8-15)14(18)17-10-13-2-1-9-19-13/h3-6,13H,1-2,7-10H2,(H,17,18). The summed E-state index contributed by atoms with van der Waals surface area (Å²) in [6, 6.07) is 6.27. The second-order valence-electron chi connectivity index (χ2n) is 5.43. The lowest BCUT2D eigenvalue weighted by Gasteiger charge is -2.17. The minimum atomic E-state index is -0.424. The molecule has 1 unspecified atom stereocenters. The van der Waals surface area contributed by atoms with Crippen molar-refractivity contribution >= 4 is 5.91 Å². The summed E-state index contributed by atoms with van der Waals surface area (Å²) >= 11 is 0. The van der Waals surface area contributed by atoms with Gasteiger partial charge in [-0.25, -0.2) is 4.39 Å². The zero-order chi connectivity index (χ0) is 13.3. The predicted molar refractivity (Wildman–Crippen MR) is 69.3 cm³/mol. The van der Waals surface area contributed by atoms with Gasteiger partial charge >= 0.3 is 0 Å². The van der Waals surface area contributed by atoms with Crippen molar-refractivity contribution < 1.29 is 13.9 Å². The predicted octanol–water partition coefficient (Wildman–Crippen LogP) is 2.15. The smallest absolute Gasteiger partial charge is 0.230 e.